The number of nitrogens with zero attached hydrogens (tertiary/aromatic N) is 1. The molecule has 0 N–H and O–H groups in total. The normalized spacial score (nSPS) is 11.5. The Morgan fingerprint density at radius 2 is 0.913 bits per heavy atom. The van der Waals surface area contributed by atoms with Crippen molar-refractivity contribution in [1.29, 1.82) is 0 Å². The Hall–Kier alpha value is -6.05. The molecule has 0 saturated heterocycles. The Labute approximate surface area is 268 Å². The van der Waals surface area contributed by atoms with Crippen LogP contribution in [0.2, 0.25) is 0 Å². The van der Waals surface area contributed by atoms with Gasteiger partial charge in [0, 0.05) is 17.3 Å². The molecule has 0 aliphatic heterocycles. The van der Waals surface area contributed by atoms with Crippen LogP contribution in [-0.4, -0.2) is 4.98 Å². The molecular formula is C45H29N. The van der Waals surface area contributed by atoms with E-state index in [-0.39, 0.29) is 0 Å². The fourth-order valence-corrected chi connectivity index (χ4v) is 7.08. The number of rotatable bonds is 4. The zero-order valence-corrected chi connectivity index (χ0v) is 25.2. The van der Waals surface area contributed by atoms with Crippen molar-refractivity contribution in [3.05, 3.63) is 176 Å². The summed E-state index contributed by atoms with van der Waals surface area (Å²) in [5.41, 5.74) is 9.33. The van der Waals surface area contributed by atoms with E-state index in [0.717, 1.165) is 16.8 Å². The summed E-state index contributed by atoms with van der Waals surface area (Å²) in [6, 6.07) is 61.3. The second-order valence-electron chi connectivity index (χ2n) is 11.9. The summed E-state index contributed by atoms with van der Waals surface area (Å²) in [6.07, 6.45) is 2.03. The van der Waals surface area contributed by atoms with Crippen LogP contribution >= 0.6 is 0 Å². The molecule has 1 heteroatoms. The van der Waals surface area contributed by atoms with Gasteiger partial charge in [-0.15, -0.1) is 0 Å². The van der Waals surface area contributed by atoms with Crippen molar-refractivity contribution in [3.8, 4) is 44.6 Å². The van der Waals surface area contributed by atoms with Gasteiger partial charge in [0.15, 0.2) is 0 Å². The van der Waals surface area contributed by atoms with Gasteiger partial charge in [-0.3, -0.25) is 4.98 Å². The molecule has 1 heterocycles. The molecule has 0 amide bonds. The van der Waals surface area contributed by atoms with E-state index in [0.29, 0.717) is 0 Å². The quantitative estimate of drug-likeness (QED) is 0.188. The van der Waals surface area contributed by atoms with Crippen LogP contribution in [0.5, 0.6) is 0 Å². The number of hydrogen-bond acceptors (Lipinski definition) is 1. The summed E-state index contributed by atoms with van der Waals surface area (Å²) in [7, 11) is 0. The van der Waals surface area contributed by atoms with Gasteiger partial charge in [0.1, 0.15) is 0 Å². The molecule has 9 rings (SSSR count). The smallest absolute Gasteiger partial charge is 0.0714 e. The average Bonchev–Trinajstić information content (AvgIpc) is 3.14. The van der Waals surface area contributed by atoms with Crippen molar-refractivity contribution < 1.29 is 0 Å². The molecule has 0 atom stereocenters. The van der Waals surface area contributed by atoms with Gasteiger partial charge >= 0.3 is 0 Å². The van der Waals surface area contributed by atoms with Crippen LogP contribution in [-0.2, 0) is 0 Å². The molecular weight excluding hydrogens is 555 g/mol. The topological polar surface area (TPSA) is 12.9 Å². The lowest BCUT2D eigenvalue weighted by molar-refractivity contribution is 1.34. The summed E-state index contributed by atoms with van der Waals surface area (Å²) in [5.74, 6) is 0. The zero-order valence-electron chi connectivity index (χ0n) is 25.2. The van der Waals surface area contributed by atoms with Gasteiger partial charge in [-0.05, 0) is 89.1 Å². The fraction of sp³-hybridized carbons (Fsp3) is 0. The lowest BCUT2D eigenvalue weighted by atomic mass is 9.84. The van der Waals surface area contributed by atoms with E-state index in [1.54, 1.807) is 0 Å². The molecule has 0 saturated carbocycles. The molecule has 1 aromatic heterocycles. The number of hydrogen-bond donors (Lipinski definition) is 0. The third-order valence-electron chi connectivity index (χ3n) is 9.29. The lowest BCUT2D eigenvalue weighted by Gasteiger charge is -2.19. The molecule has 0 radical (unpaired) electrons. The molecule has 46 heavy (non-hydrogen) atoms. The maximum atomic E-state index is 5.16. The summed E-state index contributed by atoms with van der Waals surface area (Å²) in [6.45, 7) is 0. The molecule has 9 aromatic rings. The maximum Gasteiger partial charge on any atom is 0.0714 e. The molecule has 0 unspecified atom stereocenters. The minimum Gasteiger partial charge on any atom is -0.256 e. The first-order valence-corrected chi connectivity index (χ1v) is 15.8. The Morgan fingerprint density at radius 1 is 0.304 bits per heavy atom. The van der Waals surface area contributed by atoms with Crippen molar-refractivity contribution in [2.24, 2.45) is 0 Å². The highest BCUT2D eigenvalue weighted by Gasteiger charge is 2.19. The highest BCUT2D eigenvalue weighted by molar-refractivity contribution is 6.23. The zero-order chi connectivity index (χ0) is 30.5. The van der Waals surface area contributed by atoms with Crippen LogP contribution in [0.25, 0.3) is 87.7 Å². The van der Waals surface area contributed by atoms with E-state index < -0.39 is 0 Å². The second kappa shape index (κ2) is 10.8. The average molecular weight is 584 g/mol. The van der Waals surface area contributed by atoms with Gasteiger partial charge in [-0.25, -0.2) is 0 Å². The Balaban J connectivity index is 1.32. The number of benzene rings is 8. The summed E-state index contributed by atoms with van der Waals surface area (Å²) in [4.78, 5) is 5.16. The molecule has 1 nitrogen and oxygen atoms in total. The van der Waals surface area contributed by atoms with E-state index in [1.165, 1.54) is 70.9 Å². The predicted molar refractivity (Wildman–Crippen MR) is 196 cm³/mol. The minimum atomic E-state index is 0.973. The molecule has 214 valence electrons. The van der Waals surface area contributed by atoms with Gasteiger partial charge in [0.05, 0.1) is 5.69 Å². The van der Waals surface area contributed by atoms with E-state index in [1.807, 2.05) is 6.20 Å². The monoisotopic (exact) mass is 583 g/mol. The largest absolute Gasteiger partial charge is 0.256 e. The number of fused-ring (bicyclic) bond motifs is 4. The van der Waals surface area contributed by atoms with Gasteiger partial charge in [0.2, 0.25) is 0 Å². The molecule has 0 aliphatic carbocycles. The molecule has 0 fully saturated rings. The van der Waals surface area contributed by atoms with E-state index >= 15 is 0 Å². The van der Waals surface area contributed by atoms with Crippen LogP contribution in [0.4, 0.5) is 0 Å². The van der Waals surface area contributed by atoms with Gasteiger partial charge in [-0.1, -0.05) is 152 Å². The second-order valence-corrected chi connectivity index (χ2v) is 11.9. The van der Waals surface area contributed by atoms with Crippen molar-refractivity contribution in [2.45, 2.75) is 0 Å². The van der Waals surface area contributed by atoms with Crippen LogP contribution in [0.1, 0.15) is 0 Å². The maximum absolute atomic E-state index is 5.16. The van der Waals surface area contributed by atoms with Gasteiger partial charge in [0.25, 0.3) is 0 Å². The SMILES string of the molecule is c1ccc(-c2ccc3c(-c4cccc5ccccc45)c4ccccc4c(-c4ccc(-c5ccc6ccccc6c5)cn4)c3c2)cc1. The first kappa shape index (κ1) is 26.4. The van der Waals surface area contributed by atoms with Crippen molar-refractivity contribution >= 4 is 43.1 Å². The fourth-order valence-electron chi connectivity index (χ4n) is 7.08. The van der Waals surface area contributed by atoms with Crippen molar-refractivity contribution in [2.75, 3.05) is 0 Å². The number of pyridine rings is 1. The van der Waals surface area contributed by atoms with Crippen LogP contribution in [0.15, 0.2) is 176 Å². The van der Waals surface area contributed by atoms with Gasteiger partial charge < -0.3 is 0 Å². The summed E-state index contributed by atoms with van der Waals surface area (Å²) >= 11 is 0. The van der Waals surface area contributed by atoms with Gasteiger partial charge in [-0.2, -0.15) is 0 Å². The molecule has 0 bridgehead atoms. The Bertz CT molecular complexity index is 2560. The van der Waals surface area contributed by atoms with Crippen LogP contribution in [0.3, 0.4) is 0 Å². The van der Waals surface area contributed by atoms with Crippen LogP contribution < -0.4 is 0 Å². The molecule has 0 spiro atoms. The van der Waals surface area contributed by atoms with Crippen LogP contribution in [0, 0.1) is 0 Å². The Kier molecular flexibility index (Phi) is 6.21. The van der Waals surface area contributed by atoms with E-state index in [9.17, 15) is 0 Å². The highest BCUT2D eigenvalue weighted by Crippen LogP contribution is 2.46. The Morgan fingerprint density at radius 3 is 1.72 bits per heavy atom. The highest BCUT2D eigenvalue weighted by atomic mass is 14.7. The minimum absolute atomic E-state index is 0.973. The third-order valence-corrected chi connectivity index (χ3v) is 9.29. The molecule has 8 aromatic carbocycles. The van der Waals surface area contributed by atoms with Crippen molar-refractivity contribution in [3.63, 3.8) is 0 Å². The first-order chi connectivity index (χ1) is 22.8. The lowest BCUT2D eigenvalue weighted by Crippen LogP contribution is -1.94. The standard InChI is InChI=1S/C45H29N/c1-2-11-30(12-3-1)35-23-25-41-42(28-35)45(43-26-24-36(29-46-43)34-22-21-31-13-4-5-15-33(31)27-34)40-19-9-8-18-39(40)44(41)38-20-10-16-32-14-6-7-17-37(32)38/h1-29H. The van der Waals surface area contributed by atoms with E-state index in [2.05, 4.69) is 170 Å². The van der Waals surface area contributed by atoms with Crippen molar-refractivity contribution in [1.82, 2.24) is 4.98 Å². The number of aromatic nitrogens is 1. The van der Waals surface area contributed by atoms with E-state index in [4.69, 9.17) is 4.98 Å². The summed E-state index contributed by atoms with van der Waals surface area (Å²) < 4.78 is 0. The summed E-state index contributed by atoms with van der Waals surface area (Å²) in [5, 5.41) is 9.84. The molecule has 0 aliphatic rings. The predicted octanol–water partition coefficient (Wildman–Crippen LogP) is 12.4. The first-order valence-electron chi connectivity index (χ1n) is 15.8. The third kappa shape index (κ3) is 4.37.